The number of methoxy groups -OCH3 is 1. The van der Waals surface area contributed by atoms with Crippen molar-refractivity contribution in [2.24, 2.45) is 0 Å². The van der Waals surface area contributed by atoms with Gasteiger partial charge in [0.05, 0.1) is 23.8 Å². The molecule has 2 heterocycles. The molecule has 6 heteroatoms. The lowest BCUT2D eigenvalue weighted by Gasteiger charge is -2.36. The maximum absolute atomic E-state index is 12.6. The molecule has 0 spiro atoms. The first-order chi connectivity index (χ1) is 14.2. The minimum Gasteiger partial charge on any atom is -0.495 e. The van der Waals surface area contributed by atoms with Gasteiger partial charge in [-0.1, -0.05) is 24.3 Å². The van der Waals surface area contributed by atoms with Crippen LogP contribution in [0.5, 0.6) is 5.75 Å². The van der Waals surface area contributed by atoms with E-state index in [1.54, 1.807) is 14.0 Å². The fourth-order valence-electron chi connectivity index (χ4n) is 4.10. The van der Waals surface area contributed by atoms with E-state index in [-0.39, 0.29) is 5.56 Å². The van der Waals surface area contributed by atoms with Gasteiger partial charge < -0.3 is 14.2 Å². The molecule has 152 valence electrons. The van der Waals surface area contributed by atoms with Gasteiger partial charge >= 0.3 is 0 Å². The summed E-state index contributed by atoms with van der Waals surface area (Å²) in [6.45, 7) is 7.50. The molecule has 1 fully saturated rings. The number of piperazine rings is 1. The molecule has 0 saturated carbocycles. The molecular formula is C23H28N4O2. The third kappa shape index (κ3) is 4.12. The van der Waals surface area contributed by atoms with Gasteiger partial charge in [0.15, 0.2) is 0 Å². The minimum atomic E-state index is 0.0182. The number of aryl methyl sites for hydroxylation is 2. The number of hydrogen-bond acceptors (Lipinski definition) is 5. The lowest BCUT2D eigenvalue weighted by molar-refractivity contribution is 0.250. The molecule has 0 amide bonds. The number of hydrogen-bond donors (Lipinski definition) is 0. The zero-order valence-corrected chi connectivity index (χ0v) is 17.2. The van der Waals surface area contributed by atoms with Crippen molar-refractivity contribution in [1.29, 1.82) is 0 Å². The Bertz CT molecular complexity index is 1040. The maximum atomic E-state index is 12.6. The molecule has 0 unspecified atom stereocenters. The van der Waals surface area contributed by atoms with Crippen LogP contribution in [0.25, 0.3) is 11.0 Å². The Balaban J connectivity index is 1.36. The molecule has 0 aliphatic carbocycles. The largest absolute Gasteiger partial charge is 0.495 e. The van der Waals surface area contributed by atoms with Gasteiger partial charge in [0.25, 0.3) is 5.56 Å². The zero-order valence-electron chi connectivity index (χ0n) is 17.2. The van der Waals surface area contributed by atoms with Crippen molar-refractivity contribution in [1.82, 2.24) is 14.5 Å². The number of anilines is 1. The summed E-state index contributed by atoms with van der Waals surface area (Å²) in [6, 6.07) is 16.1. The first-order valence-electron chi connectivity index (χ1n) is 10.2. The van der Waals surface area contributed by atoms with E-state index in [9.17, 15) is 4.79 Å². The van der Waals surface area contributed by atoms with Gasteiger partial charge in [-0.2, -0.15) is 0 Å². The fourth-order valence-corrected chi connectivity index (χ4v) is 4.10. The van der Waals surface area contributed by atoms with Crippen LogP contribution in [-0.4, -0.2) is 54.3 Å². The lowest BCUT2D eigenvalue weighted by atomic mass is 10.2. The van der Waals surface area contributed by atoms with Crippen LogP contribution in [-0.2, 0) is 6.54 Å². The van der Waals surface area contributed by atoms with Crippen molar-refractivity contribution in [3.05, 3.63) is 64.6 Å². The highest BCUT2D eigenvalue weighted by atomic mass is 16.5. The van der Waals surface area contributed by atoms with Gasteiger partial charge in [-0.3, -0.25) is 9.69 Å². The average Bonchev–Trinajstić information content (AvgIpc) is 2.77. The standard InChI is InChI=1S/C23H28N4O2/c1-18-23(28)27(20-9-4-3-8-19(20)24-18)13-7-12-25-14-16-26(17-15-25)21-10-5-6-11-22(21)29-2/h3-6,8-11H,7,12-17H2,1-2H3. The summed E-state index contributed by atoms with van der Waals surface area (Å²) in [6.07, 6.45) is 0.946. The molecule has 6 nitrogen and oxygen atoms in total. The molecule has 3 aromatic rings. The van der Waals surface area contributed by atoms with Crippen LogP contribution in [0.1, 0.15) is 12.1 Å². The lowest BCUT2D eigenvalue weighted by Crippen LogP contribution is -2.47. The molecule has 1 aliphatic heterocycles. The molecule has 0 radical (unpaired) electrons. The normalized spacial score (nSPS) is 15.0. The van der Waals surface area contributed by atoms with Crippen LogP contribution in [0.4, 0.5) is 5.69 Å². The smallest absolute Gasteiger partial charge is 0.272 e. The highest BCUT2D eigenvalue weighted by molar-refractivity contribution is 5.74. The van der Waals surface area contributed by atoms with Gasteiger partial charge in [0.1, 0.15) is 11.4 Å². The number of fused-ring (bicyclic) bond motifs is 1. The van der Waals surface area contributed by atoms with Crippen LogP contribution < -0.4 is 15.2 Å². The van der Waals surface area contributed by atoms with E-state index in [1.807, 2.05) is 41.0 Å². The number of rotatable bonds is 6. The van der Waals surface area contributed by atoms with E-state index in [2.05, 4.69) is 26.9 Å². The molecule has 1 aromatic heterocycles. The van der Waals surface area contributed by atoms with Crippen molar-refractivity contribution >= 4 is 16.7 Å². The van der Waals surface area contributed by atoms with Crippen LogP contribution in [0, 0.1) is 6.92 Å². The van der Waals surface area contributed by atoms with E-state index in [4.69, 9.17) is 4.74 Å². The topological polar surface area (TPSA) is 50.6 Å². The highest BCUT2D eigenvalue weighted by Gasteiger charge is 2.19. The number of nitrogens with zero attached hydrogens (tertiary/aromatic N) is 4. The summed E-state index contributed by atoms with van der Waals surface area (Å²) in [5.74, 6) is 0.931. The van der Waals surface area contributed by atoms with E-state index in [0.717, 1.165) is 62.5 Å². The molecule has 2 aromatic carbocycles. The van der Waals surface area contributed by atoms with Crippen molar-refractivity contribution < 1.29 is 4.74 Å². The van der Waals surface area contributed by atoms with Crippen LogP contribution in [0.2, 0.25) is 0 Å². The molecule has 0 atom stereocenters. The molecule has 0 bridgehead atoms. The number of ether oxygens (including phenoxy) is 1. The monoisotopic (exact) mass is 392 g/mol. The molecular weight excluding hydrogens is 364 g/mol. The van der Waals surface area contributed by atoms with Crippen LogP contribution in [0.15, 0.2) is 53.3 Å². The summed E-state index contributed by atoms with van der Waals surface area (Å²) < 4.78 is 7.38. The Kier molecular flexibility index (Phi) is 5.81. The highest BCUT2D eigenvalue weighted by Crippen LogP contribution is 2.28. The molecule has 1 saturated heterocycles. The minimum absolute atomic E-state index is 0.0182. The summed E-state index contributed by atoms with van der Waals surface area (Å²) in [5.41, 5.74) is 3.55. The predicted molar refractivity (Wildman–Crippen MR) is 117 cm³/mol. The van der Waals surface area contributed by atoms with Gasteiger partial charge in [-0.25, -0.2) is 4.98 Å². The van der Waals surface area contributed by atoms with Crippen molar-refractivity contribution in [3.8, 4) is 5.75 Å². The van der Waals surface area contributed by atoms with E-state index in [1.165, 1.54) is 5.69 Å². The van der Waals surface area contributed by atoms with Crippen molar-refractivity contribution in [3.63, 3.8) is 0 Å². The summed E-state index contributed by atoms with van der Waals surface area (Å²) in [7, 11) is 1.72. The van der Waals surface area contributed by atoms with Gasteiger partial charge in [0, 0.05) is 32.7 Å². The van der Waals surface area contributed by atoms with Crippen molar-refractivity contribution in [2.75, 3.05) is 44.7 Å². The molecule has 29 heavy (non-hydrogen) atoms. The quantitative estimate of drug-likeness (QED) is 0.646. The van der Waals surface area contributed by atoms with Gasteiger partial charge in [-0.15, -0.1) is 0 Å². The summed E-state index contributed by atoms with van der Waals surface area (Å²) >= 11 is 0. The van der Waals surface area contributed by atoms with Gasteiger partial charge in [0.2, 0.25) is 0 Å². The maximum Gasteiger partial charge on any atom is 0.272 e. The van der Waals surface area contributed by atoms with E-state index < -0.39 is 0 Å². The SMILES string of the molecule is COc1ccccc1N1CCN(CCCn2c(=O)c(C)nc3ccccc32)CC1. The van der Waals surface area contributed by atoms with Gasteiger partial charge in [-0.05, 0) is 44.2 Å². The summed E-state index contributed by atoms with van der Waals surface area (Å²) in [5, 5.41) is 0. The number of para-hydroxylation sites is 4. The Labute approximate surface area is 171 Å². The van der Waals surface area contributed by atoms with Crippen molar-refractivity contribution in [2.45, 2.75) is 19.9 Å². The van der Waals surface area contributed by atoms with Crippen LogP contribution >= 0.6 is 0 Å². The summed E-state index contributed by atoms with van der Waals surface area (Å²) in [4.78, 5) is 21.9. The Morgan fingerprint density at radius 3 is 2.48 bits per heavy atom. The zero-order chi connectivity index (χ0) is 20.2. The Morgan fingerprint density at radius 2 is 1.69 bits per heavy atom. The number of benzene rings is 2. The average molecular weight is 393 g/mol. The number of aromatic nitrogens is 2. The Morgan fingerprint density at radius 1 is 0.966 bits per heavy atom. The second-order valence-electron chi connectivity index (χ2n) is 7.50. The van der Waals surface area contributed by atoms with Crippen LogP contribution in [0.3, 0.4) is 0 Å². The third-order valence-corrected chi connectivity index (χ3v) is 5.67. The first-order valence-corrected chi connectivity index (χ1v) is 10.2. The fraction of sp³-hybridized carbons (Fsp3) is 0.391. The third-order valence-electron chi connectivity index (χ3n) is 5.67. The van der Waals surface area contributed by atoms with E-state index >= 15 is 0 Å². The Hall–Kier alpha value is -2.86. The second kappa shape index (κ2) is 8.66. The second-order valence-corrected chi connectivity index (χ2v) is 7.50. The molecule has 4 rings (SSSR count). The molecule has 0 N–H and O–H groups in total. The molecule has 1 aliphatic rings. The first kappa shape index (κ1) is 19.5. The predicted octanol–water partition coefficient (Wildman–Crippen LogP) is 2.93. The van der Waals surface area contributed by atoms with E-state index in [0.29, 0.717) is 5.69 Å².